The normalized spacial score (nSPS) is 16.1. The van der Waals surface area contributed by atoms with Gasteiger partial charge >= 0.3 is 0 Å². The van der Waals surface area contributed by atoms with E-state index in [1.807, 2.05) is 0 Å². The topological polar surface area (TPSA) is 60.9 Å². The largest absolute Gasteiger partial charge is 0.316 e. The molecule has 66 valence electrons. The zero-order valence-corrected chi connectivity index (χ0v) is 6.93. The quantitative estimate of drug-likeness (QED) is 0.570. The predicted molar refractivity (Wildman–Crippen MR) is 43.9 cm³/mol. The number of hydrogen-bond donors (Lipinski definition) is 3. The van der Waals surface area contributed by atoms with Crippen molar-refractivity contribution < 1.29 is 5.21 Å². The fraction of sp³-hybridized carbons (Fsp3) is 0.625. The molecule has 3 N–H and O–H groups in total. The van der Waals surface area contributed by atoms with Crippen LogP contribution in [0.3, 0.4) is 0 Å². The molecule has 0 unspecified atom stereocenters. The summed E-state index contributed by atoms with van der Waals surface area (Å²) in [7, 11) is 0. The van der Waals surface area contributed by atoms with Crippen LogP contribution in [0.1, 0.15) is 29.8 Å². The lowest BCUT2D eigenvalue weighted by Crippen LogP contribution is -2.10. The van der Waals surface area contributed by atoms with E-state index < -0.39 is 0 Å². The van der Waals surface area contributed by atoms with Crippen LogP contribution in [0.25, 0.3) is 0 Å². The highest BCUT2D eigenvalue weighted by Crippen LogP contribution is 2.21. The van der Waals surface area contributed by atoms with E-state index in [0.717, 1.165) is 18.5 Å². The van der Waals surface area contributed by atoms with Gasteiger partial charge in [-0.2, -0.15) is 10.6 Å². The van der Waals surface area contributed by atoms with Crippen LogP contribution in [0.15, 0.2) is 0 Å². The molecule has 0 spiro atoms. The smallest absolute Gasteiger partial charge is 0.0818 e. The van der Waals surface area contributed by atoms with E-state index >= 15 is 0 Å². The van der Waals surface area contributed by atoms with Gasteiger partial charge in [0.05, 0.1) is 12.2 Å². The van der Waals surface area contributed by atoms with Crippen LogP contribution in [0.5, 0.6) is 0 Å². The number of nitrogens with zero attached hydrogens (tertiary/aromatic N) is 1. The minimum absolute atomic E-state index is 0.450. The third-order valence-electron chi connectivity index (χ3n) is 2.39. The summed E-state index contributed by atoms with van der Waals surface area (Å²) in [6, 6.07) is 0. The summed E-state index contributed by atoms with van der Waals surface area (Å²) in [5.74, 6) is 0. The van der Waals surface area contributed by atoms with Gasteiger partial charge in [-0.05, 0) is 31.2 Å². The Bertz CT molecular complexity index is 269. The third kappa shape index (κ3) is 1.23. The standard InChI is InChI=1S/C8H13N3O/c12-9-5-8-6-3-1-2-4-7(6)10-11-8/h9,12H,1-5H2,(H,10,11). The molecule has 1 aromatic rings. The monoisotopic (exact) mass is 167 g/mol. The van der Waals surface area contributed by atoms with Crippen molar-refractivity contribution in [2.45, 2.75) is 32.2 Å². The SMILES string of the molecule is ONCc1n[nH]c2c1CCCC2. The van der Waals surface area contributed by atoms with Crippen molar-refractivity contribution in [2.24, 2.45) is 0 Å². The highest BCUT2D eigenvalue weighted by Gasteiger charge is 2.15. The van der Waals surface area contributed by atoms with Crippen LogP contribution >= 0.6 is 0 Å². The number of rotatable bonds is 2. The Kier molecular flexibility index (Phi) is 2.10. The maximum Gasteiger partial charge on any atom is 0.0818 e. The molecule has 0 saturated heterocycles. The molecular formula is C8H13N3O. The molecule has 0 aromatic carbocycles. The highest BCUT2D eigenvalue weighted by atomic mass is 16.5. The van der Waals surface area contributed by atoms with Gasteiger partial charge in [-0.15, -0.1) is 0 Å². The average molecular weight is 167 g/mol. The summed E-state index contributed by atoms with van der Waals surface area (Å²) in [5.41, 5.74) is 5.67. The highest BCUT2D eigenvalue weighted by molar-refractivity contribution is 5.27. The Balaban J connectivity index is 2.25. The van der Waals surface area contributed by atoms with Crippen molar-refractivity contribution in [1.29, 1.82) is 0 Å². The minimum atomic E-state index is 0.450. The Morgan fingerprint density at radius 1 is 1.42 bits per heavy atom. The molecule has 0 amide bonds. The van der Waals surface area contributed by atoms with E-state index in [2.05, 4.69) is 15.7 Å². The Labute approximate surface area is 70.9 Å². The van der Waals surface area contributed by atoms with E-state index in [-0.39, 0.29) is 0 Å². The van der Waals surface area contributed by atoms with Gasteiger partial charge in [-0.1, -0.05) is 0 Å². The predicted octanol–water partition coefficient (Wildman–Crippen LogP) is 0.767. The van der Waals surface area contributed by atoms with Crippen molar-refractivity contribution >= 4 is 0 Å². The van der Waals surface area contributed by atoms with Crippen molar-refractivity contribution in [2.75, 3.05) is 0 Å². The lowest BCUT2D eigenvalue weighted by Gasteiger charge is -2.10. The fourth-order valence-corrected chi connectivity index (χ4v) is 1.77. The second-order valence-corrected chi connectivity index (χ2v) is 3.17. The zero-order valence-electron chi connectivity index (χ0n) is 6.93. The molecule has 0 fully saturated rings. The molecule has 0 aliphatic heterocycles. The molecule has 12 heavy (non-hydrogen) atoms. The summed E-state index contributed by atoms with van der Waals surface area (Å²) < 4.78 is 0. The molecule has 0 radical (unpaired) electrons. The molecule has 4 nitrogen and oxygen atoms in total. The van der Waals surface area contributed by atoms with E-state index in [4.69, 9.17) is 5.21 Å². The molecule has 1 heterocycles. The van der Waals surface area contributed by atoms with Gasteiger partial charge in [-0.25, -0.2) is 0 Å². The molecule has 0 bridgehead atoms. The Hall–Kier alpha value is -0.870. The lowest BCUT2D eigenvalue weighted by molar-refractivity contribution is 0.159. The number of aryl methyl sites for hydroxylation is 1. The van der Waals surface area contributed by atoms with Gasteiger partial charge in [0.15, 0.2) is 0 Å². The summed E-state index contributed by atoms with van der Waals surface area (Å²) >= 11 is 0. The first-order chi connectivity index (χ1) is 5.92. The fourth-order valence-electron chi connectivity index (χ4n) is 1.77. The number of aromatic amines is 1. The van der Waals surface area contributed by atoms with Crippen molar-refractivity contribution in [3.05, 3.63) is 17.0 Å². The molecule has 1 aliphatic rings. The summed E-state index contributed by atoms with van der Waals surface area (Å²) in [4.78, 5) is 0. The van der Waals surface area contributed by atoms with Crippen LogP contribution in [0, 0.1) is 0 Å². The van der Waals surface area contributed by atoms with Crippen molar-refractivity contribution in [1.82, 2.24) is 15.7 Å². The van der Waals surface area contributed by atoms with Crippen LogP contribution in [0.4, 0.5) is 0 Å². The molecule has 1 aliphatic carbocycles. The molecule has 0 atom stereocenters. The number of nitrogens with one attached hydrogen (secondary N) is 2. The van der Waals surface area contributed by atoms with E-state index in [9.17, 15) is 0 Å². The lowest BCUT2D eigenvalue weighted by atomic mass is 9.96. The minimum Gasteiger partial charge on any atom is -0.316 e. The van der Waals surface area contributed by atoms with Crippen LogP contribution in [-0.4, -0.2) is 15.4 Å². The molecule has 4 heteroatoms. The van der Waals surface area contributed by atoms with E-state index in [1.165, 1.54) is 24.1 Å². The third-order valence-corrected chi connectivity index (χ3v) is 2.39. The summed E-state index contributed by atoms with van der Waals surface area (Å²) in [5, 5.41) is 15.7. The molecule has 0 saturated carbocycles. The van der Waals surface area contributed by atoms with Crippen LogP contribution < -0.4 is 5.48 Å². The summed E-state index contributed by atoms with van der Waals surface area (Å²) in [6.07, 6.45) is 4.70. The van der Waals surface area contributed by atoms with Crippen molar-refractivity contribution in [3.63, 3.8) is 0 Å². The van der Waals surface area contributed by atoms with Gasteiger partial charge in [0, 0.05) is 5.69 Å². The summed E-state index contributed by atoms with van der Waals surface area (Å²) in [6.45, 7) is 0.450. The van der Waals surface area contributed by atoms with Crippen LogP contribution in [0.2, 0.25) is 0 Å². The number of hydroxylamine groups is 1. The molecule has 1 aromatic heterocycles. The van der Waals surface area contributed by atoms with Crippen molar-refractivity contribution in [3.8, 4) is 0 Å². The number of fused-ring (bicyclic) bond motifs is 1. The first-order valence-electron chi connectivity index (χ1n) is 4.34. The number of aromatic nitrogens is 2. The zero-order chi connectivity index (χ0) is 8.39. The second-order valence-electron chi connectivity index (χ2n) is 3.17. The molecular weight excluding hydrogens is 154 g/mol. The maximum atomic E-state index is 8.54. The van der Waals surface area contributed by atoms with Gasteiger partial charge in [0.2, 0.25) is 0 Å². The van der Waals surface area contributed by atoms with Crippen LogP contribution in [-0.2, 0) is 19.4 Å². The Morgan fingerprint density at radius 3 is 3.08 bits per heavy atom. The Morgan fingerprint density at radius 2 is 2.25 bits per heavy atom. The van der Waals surface area contributed by atoms with Gasteiger partial charge < -0.3 is 5.21 Å². The van der Waals surface area contributed by atoms with Gasteiger partial charge in [0.25, 0.3) is 0 Å². The van der Waals surface area contributed by atoms with E-state index in [1.54, 1.807) is 0 Å². The second kappa shape index (κ2) is 3.25. The number of hydrogen-bond acceptors (Lipinski definition) is 3. The average Bonchev–Trinajstić information content (AvgIpc) is 2.50. The first-order valence-corrected chi connectivity index (χ1v) is 4.34. The van der Waals surface area contributed by atoms with E-state index in [0.29, 0.717) is 6.54 Å². The maximum absolute atomic E-state index is 8.54. The molecule has 2 rings (SSSR count). The number of H-pyrrole nitrogens is 1. The first kappa shape index (κ1) is 7.76. The van der Waals surface area contributed by atoms with Gasteiger partial charge in [0.1, 0.15) is 0 Å². The van der Waals surface area contributed by atoms with Gasteiger partial charge in [-0.3, -0.25) is 5.10 Å².